The van der Waals surface area contributed by atoms with Gasteiger partial charge in [0.25, 0.3) is 0 Å². The summed E-state index contributed by atoms with van der Waals surface area (Å²) in [5.74, 6) is 0.861. The summed E-state index contributed by atoms with van der Waals surface area (Å²) in [5.41, 5.74) is 5.42. The van der Waals surface area contributed by atoms with Crippen molar-refractivity contribution in [3.05, 3.63) is 0 Å². The van der Waals surface area contributed by atoms with Gasteiger partial charge in [0.15, 0.2) is 0 Å². The van der Waals surface area contributed by atoms with Gasteiger partial charge < -0.3 is 5.73 Å². The lowest BCUT2D eigenvalue weighted by molar-refractivity contribution is 0.260. The van der Waals surface area contributed by atoms with Gasteiger partial charge in [-0.15, -0.1) is 0 Å². The predicted octanol–water partition coefficient (Wildman–Crippen LogP) is -0.741. The molecule has 0 amide bonds. The molecule has 0 spiro atoms. The number of nitrogens with zero attached hydrogens (tertiary/aromatic N) is 1. The van der Waals surface area contributed by atoms with Crippen LogP contribution >= 0.6 is 0 Å². The van der Waals surface area contributed by atoms with Crippen molar-refractivity contribution < 1.29 is 0 Å². The first-order valence-corrected chi connectivity index (χ1v) is 2.86. The standard InChI is InChI=1S/C5H10N2/c6-1-4-2-7-3-5(4)7/h4-5H,1-3,6H2. The van der Waals surface area contributed by atoms with E-state index in [1.54, 1.807) is 0 Å². The molecule has 2 aliphatic heterocycles. The molecule has 0 aromatic rings. The zero-order valence-corrected chi connectivity index (χ0v) is 4.30. The van der Waals surface area contributed by atoms with E-state index in [-0.39, 0.29) is 0 Å². The van der Waals surface area contributed by atoms with Crippen LogP contribution in [-0.4, -0.2) is 30.6 Å². The van der Waals surface area contributed by atoms with E-state index in [1.807, 2.05) is 0 Å². The highest BCUT2D eigenvalue weighted by atomic mass is 15.4. The number of rotatable bonds is 1. The Labute approximate surface area is 43.3 Å². The van der Waals surface area contributed by atoms with Gasteiger partial charge in [-0.2, -0.15) is 0 Å². The predicted molar refractivity (Wildman–Crippen MR) is 27.9 cm³/mol. The molecule has 40 valence electrons. The van der Waals surface area contributed by atoms with Gasteiger partial charge in [-0.25, -0.2) is 0 Å². The quantitative estimate of drug-likeness (QED) is 0.438. The Morgan fingerprint density at radius 1 is 1.57 bits per heavy atom. The van der Waals surface area contributed by atoms with Gasteiger partial charge in [-0.05, 0) is 6.54 Å². The van der Waals surface area contributed by atoms with Crippen molar-refractivity contribution in [2.45, 2.75) is 6.04 Å². The van der Waals surface area contributed by atoms with Crippen LogP contribution in [0.4, 0.5) is 0 Å². The first kappa shape index (κ1) is 3.87. The van der Waals surface area contributed by atoms with Crippen molar-refractivity contribution >= 4 is 0 Å². The molecule has 0 radical (unpaired) electrons. The van der Waals surface area contributed by atoms with Gasteiger partial charge >= 0.3 is 0 Å². The fourth-order valence-corrected chi connectivity index (χ4v) is 1.37. The number of hydrogen-bond donors (Lipinski definition) is 1. The molecular weight excluding hydrogens is 88.1 g/mol. The Morgan fingerprint density at radius 2 is 2.43 bits per heavy atom. The van der Waals surface area contributed by atoms with Gasteiger partial charge in [-0.1, -0.05) is 0 Å². The highest BCUT2D eigenvalue weighted by molar-refractivity contribution is 5.06. The lowest BCUT2D eigenvalue weighted by Crippen LogP contribution is -2.37. The molecule has 0 aliphatic carbocycles. The lowest BCUT2D eigenvalue weighted by Gasteiger charge is -2.23. The number of nitrogens with two attached hydrogens (primary N) is 1. The SMILES string of the molecule is NCC1CN2CC12. The fourth-order valence-electron chi connectivity index (χ4n) is 1.37. The topological polar surface area (TPSA) is 29.0 Å². The molecule has 3 atom stereocenters. The van der Waals surface area contributed by atoms with E-state index < -0.39 is 0 Å². The molecule has 2 saturated heterocycles. The molecule has 2 heteroatoms. The smallest absolute Gasteiger partial charge is 0.0276 e. The minimum atomic E-state index is 0.861. The molecule has 3 unspecified atom stereocenters. The summed E-state index contributed by atoms with van der Waals surface area (Å²) in [6.45, 7) is 3.52. The van der Waals surface area contributed by atoms with E-state index in [9.17, 15) is 0 Å². The highest BCUT2D eigenvalue weighted by Crippen LogP contribution is 2.36. The first-order chi connectivity index (χ1) is 3.42. The summed E-state index contributed by atoms with van der Waals surface area (Å²) in [6, 6.07) is 0.921. The summed E-state index contributed by atoms with van der Waals surface area (Å²) in [5, 5.41) is 0. The second-order valence-corrected chi connectivity index (χ2v) is 2.52. The van der Waals surface area contributed by atoms with Crippen LogP contribution in [0.1, 0.15) is 0 Å². The largest absolute Gasteiger partial charge is 0.330 e. The van der Waals surface area contributed by atoms with Gasteiger partial charge in [0.05, 0.1) is 0 Å². The molecule has 0 saturated carbocycles. The second-order valence-electron chi connectivity index (χ2n) is 2.52. The molecule has 7 heavy (non-hydrogen) atoms. The molecule has 2 rings (SSSR count). The Balaban J connectivity index is 1.92. The normalized spacial score (nSPS) is 55.3. The summed E-state index contributed by atoms with van der Waals surface area (Å²) < 4.78 is 0. The van der Waals surface area contributed by atoms with Crippen molar-refractivity contribution in [2.75, 3.05) is 19.6 Å². The van der Waals surface area contributed by atoms with Crippen LogP contribution in [0.15, 0.2) is 0 Å². The van der Waals surface area contributed by atoms with Crippen LogP contribution in [0, 0.1) is 5.92 Å². The van der Waals surface area contributed by atoms with Gasteiger partial charge in [-0.3, -0.25) is 4.90 Å². The van der Waals surface area contributed by atoms with Gasteiger partial charge in [0.1, 0.15) is 0 Å². The molecule has 0 aromatic carbocycles. The maximum atomic E-state index is 5.42. The lowest BCUT2D eigenvalue weighted by atomic mass is 10.0. The van der Waals surface area contributed by atoms with Gasteiger partial charge in [0.2, 0.25) is 0 Å². The monoisotopic (exact) mass is 98.1 g/mol. The zero-order valence-electron chi connectivity index (χ0n) is 4.30. The molecule has 2 heterocycles. The van der Waals surface area contributed by atoms with Crippen LogP contribution in [0.2, 0.25) is 0 Å². The van der Waals surface area contributed by atoms with E-state index in [4.69, 9.17) is 5.73 Å². The van der Waals surface area contributed by atoms with E-state index in [0.29, 0.717) is 0 Å². The summed E-state index contributed by atoms with van der Waals surface area (Å²) in [7, 11) is 0. The van der Waals surface area contributed by atoms with E-state index >= 15 is 0 Å². The summed E-state index contributed by atoms with van der Waals surface area (Å²) >= 11 is 0. The molecular formula is C5H10N2. The zero-order chi connectivity index (χ0) is 4.85. The maximum Gasteiger partial charge on any atom is 0.0276 e. The van der Waals surface area contributed by atoms with Crippen molar-refractivity contribution in [1.29, 1.82) is 0 Å². The summed E-state index contributed by atoms with van der Waals surface area (Å²) in [6.07, 6.45) is 0. The van der Waals surface area contributed by atoms with Gasteiger partial charge in [0, 0.05) is 25.0 Å². The number of hydrogen-bond acceptors (Lipinski definition) is 2. The Bertz CT molecular complexity index is 92.1. The Kier molecular flexibility index (Phi) is 0.557. The van der Waals surface area contributed by atoms with E-state index in [1.165, 1.54) is 13.1 Å². The van der Waals surface area contributed by atoms with Crippen molar-refractivity contribution in [3.63, 3.8) is 0 Å². The Hall–Kier alpha value is -0.0800. The van der Waals surface area contributed by atoms with Crippen molar-refractivity contribution in [2.24, 2.45) is 11.7 Å². The van der Waals surface area contributed by atoms with Crippen LogP contribution in [0.5, 0.6) is 0 Å². The molecule has 2 N–H and O–H groups in total. The first-order valence-electron chi connectivity index (χ1n) is 2.86. The molecule has 2 aliphatic rings. The van der Waals surface area contributed by atoms with Crippen molar-refractivity contribution in [1.82, 2.24) is 4.90 Å². The third kappa shape index (κ3) is 0.359. The average Bonchev–Trinajstić information content (AvgIpc) is 2.18. The van der Waals surface area contributed by atoms with Crippen LogP contribution in [0.25, 0.3) is 0 Å². The van der Waals surface area contributed by atoms with Crippen molar-refractivity contribution in [3.8, 4) is 0 Å². The third-order valence-corrected chi connectivity index (χ3v) is 2.07. The van der Waals surface area contributed by atoms with Crippen LogP contribution in [-0.2, 0) is 0 Å². The molecule has 0 aromatic heterocycles. The minimum absolute atomic E-state index is 0.861. The van der Waals surface area contributed by atoms with Crippen LogP contribution in [0.3, 0.4) is 0 Å². The third-order valence-electron chi connectivity index (χ3n) is 2.07. The molecule has 2 nitrogen and oxygen atoms in total. The summed E-state index contributed by atoms with van der Waals surface area (Å²) in [4.78, 5) is 2.44. The fraction of sp³-hybridized carbons (Fsp3) is 1.00. The van der Waals surface area contributed by atoms with E-state index in [2.05, 4.69) is 4.90 Å². The second kappa shape index (κ2) is 1.01. The minimum Gasteiger partial charge on any atom is -0.330 e. The highest BCUT2D eigenvalue weighted by Gasteiger charge is 2.50. The van der Waals surface area contributed by atoms with E-state index in [0.717, 1.165) is 18.5 Å². The Morgan fingerprint density at radius 3 is 2.57 bits per heavy atom. The number of fused-ring (bicyclic) bond motifs is 1. The molecule has 2 fully saturated rings. The molecule has 0 bridgehead atoms. The maximum absolute atomic E-state index is 5.42. The average molecular weight is 98.1 g/mol. The van der Waals surface area contributed by atoms with Crippen LogP contribution < -0.4 is 5.73 Å².